The van der Waals surface area contributed by atoms with Gasteiger partial charge in [-0.05, 0) is 165 Å². The number of carbonyl (C=O) groups excluding carboxylic acids is 13. The van der Waals surface area contributed by atoms with Gasteiger partial charge in [-0.25, -0.2) is 14.4 Å². The number of hydrogen-bond acceptors (Lipinski definition) is 29. The van der Waals surface area contributed by atoms with Crippen LogP contribution < -0.4 is 52.8 Å². The molecule has 14 N–H and O–H groups in total. The number of amides is 6. The quantitative estimate of drug-likeness (QED) is 0.0274. The third kappa shape index (κ3) is 73.2. The highest BCUT2D eigenvalue weighted by Gasteiger charge is 2.32. The Morgan fingerprint density at radius 1 is 0.312 bits per heavy atom. The van der Waals surface area contributed by atoms with Crippen LogP contribution in [0.2, 0.25) is 0 Å². The van der Waals surface area contributed by atoms with Crippen LogP contribution in [-0.4, -0.2) is 290 Å². The first kappa shape index (κ1) is 132. The maximum absolute atomic E-state index is 13.9. The molecule has 0 aromatic heterocycles. The van der Waals surface area contributed by atoms with Gasteiger partial charge in [0.05, 0.1) is 108 Å². The Labute approximate surface area is 853 Å². The first-order chi connectivity index (χ1) is 68.6. The third-order valence-corrected chi connectivity index (χ3v) is 23.6. The number of benzene rings is 2. The molecule has 0 saturated heterocycles. The van der Waals surface area contributed by atoms with Crippen molar-refractivity contribution in [1.29, 1.82) is 0 Å². The molecule has 0 radical (unpaired) electrons. The van der Waals surface area contributed by atoms with Crippen molar-refractivity contribution in [2.45, 2.75) is 317 Å². The summed E-state index contributed by atoms with van der Waals surface area (Å²) < 4.78 is 54.9. The Hall–Kier alpha value is -9.97. The van der Waals surface area contributed by atoms with Gasteiger partial charge < -0.3 is 111 Å². The van der Waals surface area contributed by atoms with Crippen molar-refractivity contribution in [3.8, 4) is 11.5 Å². The molecular formula is C105H176N8O31. The van der Waals surface area contributed by atoms with E-state index in [1.165, 1.54) is 31.2 Å². The lowest BCUT2D eigenvalue weighted by Gasteiger charge is -2.23. The SMILES string of the molecule is C.CC(=O)[C@H](CCCCNC(=O)[C@@H](N)CCCCCC(=O)COCCOCCNC(=O)COCCOCCCC(=O)CC[C@H](NC(=O)CCCCCCCCCOc1ccc(C(=O)O)cc1)C(=O)O)CC(=O)[C@H](CCCCNC(=O)[C@@H](N)CCCCNC(=O)COCCOCCCC(=O)COCCOCCNC(=O)CC[C@H](CC(=O)CCCCCCCCCOc1ccc(C(=O)O)cc1)C(=O)O)CC(=O)C(C)(C)C.[HH].[HH]. The molecule has 39 heteroatoms. The number of ketones is 7. The van der Waals surface area contributed by atoms with Gasteiger partial charge in [0.1, 0.15) is 72.9 Å². The maximum Gasteiger partial charge on any atom is 0.335 e. The second-order valence-electron chi connectivity index (χ2n) is 37.1. The summed E-state index contributed by atoms with van der Waals surface area (Å²) in [5.74, 6) is -8.04. The molecule has 2 rings (SSSR count). The van der Waals surface area contributed by atoms with Crippen molar-refractivity contribution in [3.63, 3.8) is 0 Å². The van der Waals surface area contributed by atoms with Crippen molar-refractivity contribution in [2.24, 2.45) is 34.6 Å². The van der Waals surface area contributed by atoms with Gasteiger partial charge in [0.15, 0.2) is 11.6 Å². The van der Waals surface area contributed by atoms with Crippen LogP contribution in [0.1, 0.15) is 322 Å². The minimum Gasteiger partial charge on any atom is -0.494 e. The number of unbranched alkanes of at least 4 members (excludes halogenated alkanes) is 17. The van der Waals surface area contributed by atoms with E-state index in [0.717, 1.165) is 77.0 Å². The van der Waals surface area contributed by atoms with Gasteiger partial charge in [-0.1, -0.05) is 118 Å². The number of carbonyl (C=O) groups is 17. The highest BCUT2D eigenvalue weighted by Crippen LogP contribution is 2.28. The number of aromatic carboxylic acids is 2. The van der Waals surface area contributed by atoms with E-state index in [4.69, 9.17) is 69.0 Å². The van der Waals surface area contributed by atoms with E-state index in [-0.39, 0.29) is 274 Å². The highest BCUT2D eigenvalue weighted by molar-refractivity contribution is 5.93. The summed E-state index contributed by atoms with van der Waals surface area (Å²) in [6.07, 6.45) is 21.3. The van der Waals surface area contributed by atoms with Gasteiger partial charge in [-0.2, -0.15) is 0 Å². The molecule has 0 bridgehead atoms. The molecule has 2 aromatic rings. The molecule has 0 spiro atoms. The van der Waals surface area contributed by atoms with E-state index < -0.39 is 65.2 Å². The van der Waals surface area contributed by atoms with Gasteiger partial charge >= 0.3 is 23.9 Å². The molecule has 0 fully saturated rings. The van der Waals surface area contributed by atoms with Crippen LogP contribution in [-0.2, 0) is 110 Å². The summed E-state index contributed by atoms with van der Waals surface area (Å²) in [6.45, 7) is 11.2. The summed E-state index contributed by atoms with van der Waals surface area (Å²) in [4.78, 5) is 210. The fraction of sp³-hybridized carbons (Fsp3) is 0.724. The second kappa shape index (κ2) is 85.1. The lowest BCUT2D eigenvalue weighted by Crippen LogP contribution is -2.41. The lowest BCUT2D eigenvalue weighted by atomic mass is 9.79. The first-order valence-electron chi connectivity index (χ1n) is 51.4. The number of nitrogens with one attached hydrogen (secondary N) is 6. The Bertz CT molecular complexity index is 3990. The number of rotatable bonds is 98. The van der Waals surface area contributed by atoms with Crippen molar-refractivity contribution < 1.29 is 152 Å². The van der Waals surface area contributed by atoms with Crippen LogP contribution >= 0.6 is 0 Å². The summed E-state index contributed by atoms with van der Waals surface area (Å²) in [5.41, 5.74) is 12.1. The van der Waals surface area contributed by atoms with E-state index in [2.05, 4.69) is 31.9 Å². The van der Waals surface area contributed by atoms with Crippen molar-refractivity contribution in [1.82, 2.24) is 31.9 Å². The summed E-state index contributed by atoms with van der Waals surface area (Å²) in [5, 5.41) is 53.7. The first-order valence-corrected chi connectivity index (χ1v) is 51.4. The zero-order valence-electron chi connectivity index (χ0n) is 85.3. The second-order valence-corrected chi connectivity index (χ2v) is 37.1. The third-order valence-electron chi connectivity index (χ3n) is 23.6. The largest absolute Gasteiger partial charge is 0.494 e. The Morgan fingerprint density at radius 3 is 1.14 bits per heavy atom. The molecule has 2 aromatic carbocycles. The summed E-state index contributed by atoms with van der Waals surface area (Å²) in [7, 11) is 0. The average Bonchev–Trinajstić information content (AvgIpc) is 0.860. The van der Waals surface area contributed by atoms with Crippen LogP contribution in [0.4, 0.5) is 0 Å². The number of ether oxygens (including phenoxy) is 10. The summed E-state index contributed by atoms with van der Waals surface area (Å²) in [6, 6.07) is 9.87. The van der Waals surface area contributed by atoms with E-state index >= 15 is 0 Å². The maximum atomic E-state index is 13.9. The van der Waals surface area contributed by atoms with Crippen molar-refractivity contribution in [2.75, 3.05) is 152 Å². The standard InChI is InChI=1S/C104H168N8O31.CH4.2H2/c1-77(113)80(30-20-23-52-110-98(124)89(105)36-18-15-17-33-85(116)73-138-66-65-137-61-55-109-97(123)76-141-69-62-134-56-28-34-83(114)44-49-91(103(132)133)112-95(121)38-19-12-8-6-10-14-27-59-143-88-47-41-79(42-48-88)101(128)129)71-92(118)81(72-93(119)104(2,3)4)31-21-24-53-111-99(125)90(106)37-22-25-51-107-96(122)75-140-68-63-135-57-29-35-86(117)74-139-67-64-136-60-54-108-94(120)50-43-82(102(130)131)70-84(115)32-16-11-7-5-9-13-26-58-142-87-45-39-78(40-46-87)100(126)127;;;/h39-42,45-48,80-82,89-91H,5-38,43-44,49-76,105-106H2,1-4H3,(H,107,122)(H,108,120)(H,109,123)(H,110,124)(H,111,125)(H,112,121)(H,126,127)(H,128,129)(H,130,131)(H,132,133);1H4;2*1H/t80-,81-,82-,89+,90+,91+;;;/m1.../s1. The van der Waals surface area contributed by atoms with Crippen LogP contribution in [0, 0.1) is 23.2 Å². The molecule has 822 valence electrons. The lowest BCUT2D eigenvalue weighted by molar-refractivity contribution is -0.144. The van der Waals surface area contributed by atoms with Crippen LogP contribution in [0.3, 0.4) is 0 Å². The van der Waals surface area contributed by atoms with Crippen LogP contribution in [0.25, 0.3) is 0 Å². The fourth-order valence-electron chi connectivity index (χ4n) is 14.8. The molecule has 0 aliphatic heterocycles. The van der Waals surface area contributed by atoms with E-state index in [1.807, 2.05) is 0 Å². The Balaban J connectivity index is 0. The highest BCUT2D eigenvalue weighted by atomic mass is 16.5. The molecule has 144 heavy (non-hydrogen) atoms. The molecule has 6 atom stereocenters. The molecule has 0 saturated carbocycles. The minimum absolute atomic E-state index is 0. The monoisotopic (exact) mass is 2050 g/mol. The average molecular weight is 2050 g/mol. The number of nitrogens with two attached hydrogens (primary N) is 2. The van der Waals surface area contributed by atoms with E-state index in [9.17, 15) is 91.7 Å². The molecule has 0 unspecified atom stereocenters. The van der Waals surface area contributed by atoms with Crippen molar-refractivity contribution in [3.05, 3.63) is 59.7 Å². The number of Topliss-reactive ketones (excluding diaryl/α,β-unsaturated/α-hetero) is 7. The molecule has 0 heterocycles. The minimum atomic E-state index is -1.20. The van der Waals surface area contributed by atoms with Gasteiger partial charge in [0.2, 0.25) is 35.4 Å². The van der Waals surface area contributed by atoms with E-state index in [1.54, 1.807) is 45.0 Å². The van der Waals surface area contributed by atoms with Gasteiger partial charge in [0, 0.05) is 130 Å². The number of hydrogen-bond donors (Lipinski definition) is 12. The normalized spacial score (nSPS) is 12.5. The van der Waals surface area contributed by atoms with Crippen LogP contribution in [0.5, 0.6) is 11.5 Å². The zero-order valence-corrected chi connectivity index (χ0v) is 85.3. The van der Waals surface area contributed by atoms with Gasteiger partial charge in [-0.15, -0.1) is 0 Å². The molecule has 0 aliphatic rings. The Morgan fingerprint density at radius 2 is 0.688 bits per heavy atom. The van der Waals surface area contributed by atoms with E-state index in [0.29, 0.717) is 173 Å². The number of carboxylic acids is 4. The smallest absolute Gasteiger partial charge is 0.335 e. The van der Waals surface area contributed by atoms with Crippen LogP contribution in [0.15, 0.2) is 48.5 Å². The van der Waals surface area contributed by atoms with Gasteiger partial charge in [0.25, 0.3) is 0 Å². The predicted molar refractivity (Wildman–Crippen MR) is 543 cm³/mol. The zero-order chi connectivity index (χ0) is 105. The fourth-order valence-corrected chi connectivity index (χ4v) is 14.8. The molecule has 39 nitrogen and oxygen atoms in total. The Kier molecular flexibility index (Phi) is 78.1. The topological polar surface area (TPSA) is 588 Å². The number of carboxylic acid groups (broad SMARTS) is 4. The predicted octanol–water partition coefficient (Wildman–Crippen LogP) is 11.6. The number of aliphatic carboxylic acids is 2. The molecule has 6 amide bonds. The molecule has 0 aliphatic carbocycles. The van der Waals surface area contributed by atoms with Gasteiger partial charge in [-0.3, -0.25) is 67.1 Å². The van der Waals surface area contributed by atoms with Crippen molar-refractivity contribution >= 4 is 99.8 Å². The summed E-state index contributed by atoms with van der Waals surface area (Å²) >= 11 is 0. The molecular weight excluding hydrogens is 1870 g/mol.